The van der Waals surface area contributed by atoms with E-state index in [-0.39, 0.29) is 23.6 Å². The van der Waals surface area contributed by atoms with Gasteiger partial charge in [0.25, 0.3) is 0 Å². The molecule has 3 nitrogen and oxygen atoms in total. The lowest BCUT2D eigenvalue weighted by atomic mass is 10.1. The van der Waals surface area contributed by atoms with Crippen LogP contribution in [0.25, 0.3) is 0 Å². The van der Waals surface area contributed by atoms with Crippen molar-refractivity contribution in [2.24, 2.45) is 0 Å². The van der Waals surface area contributed by atoms with Gasteiger partial charge in [-0.25, -0.2) is 14.4 Å². The predicted molar refractivity (Wildman–Crippen MR) is 70.1 cm³/mol. The Balaban J connectivity index is 2.22. The van der Waals surface area contributed by atoms with E-state index in [1.54, 1.807) is 6.92 Å². The molecule has 0 bridgehead atoms. The van der Waals surface area contributed by atoms with E-state index in [2.05, 4.69) is 15.3 Å². The van der Waals surface area contributed by atoms with E-state index >= 15 is 0 Å². The average molecular weight is 299 g/mol. The molecule has 2 rings (SSSR count). The highest BCUT2D eigenvalue weighted by atomic mass is 19.4. The first-order valence-corrected chi connectivity index (χ1v) is 6.31. The summed E-state index contributed by atoms with van der Waals surface area (Å²) in [7, 11) is 0. The van der Waals surface area contributed by atoms with Gasteiger partial charge in [-0.2, -0.15) is 13.2 Å². The third kappa shape index (κ3) is 3.48. The number of rotatable bonds is 4. The fraction of sp³-hybridized carbons (Fsp3) is 0.286. The molecule has 21 heavy (non-hydrogen) atoms. The maximum absolute atomic E-state index is 13.9. The quantitative estimate of drug-likeness (QED) is 0.872. The van der Waals surface area contributed by atoms with Crippen molar-refractivity contribution in [2.75, 3.05) is 5.32 Å². The molecule has 0 aliphatic heterocycles. The SMILES string of the molecule is CCc1ncnc(NCc2ccccc2C(F)(F)F)c1F. The minimum Gasteiger partial charge on any atom is -0.363 e. The summed E-state index contributed by atoms with van der Waals surface area (Å²) in [6.45, 7) is 1.56. The van der Waals surface area contributed by atoms with Crippen LogP contribution in [-0.4, -0.2) is 9.97 Å². The summed E-state index contributed by atoms with van der Waals surface area (Å²) in [5.74, 6) is -0.733. The fourth-order valence-electron chi connectivity index (χ4n) is 1.91. The monoisotopic (exact) mass is 299 g/mol. The molecule has 0 amide bonds. The summed E-state index contributed by atoms with van der Waals surface area (Å²) < 4.78 is 52.4. The van der Waals surface area contributed by atoms with Gasteiger partial charge in [0.15, 0.2) is 11.6 Å². The van der Waals surface area contributed by atoms with Gasteiger partial charge in [-0.05, 0) is 18.1 Å². The van der Waals surface area contributed by atoms with Crippen LogP contribution in [0.5, 0.6) is 0 Å². The molecular formula is C14H13F4N3. The van der Waals surface area contributed by atoms with E-state index in [1.807, 2.05) is 0 Å². The molecule has 0 radical (unpaired) electrons. The predicted octanol–water partition coefficient (Wildman–Crippen LogP) is 3.81. The zero-order chi connectivity index (χ0) is 15.5. The Kier molecular flexibility index (Phi) is 4.40. The molecule has 0 aliphatic rings. The third-order valence-electron chi connectivity index (χ3n) is 2.97. The van der Waals surface area contributed by atoms with Crippen LogP contribution >= 0.6 is 0 Å². The van der Waals surface area contributed by atoms with Crippen LogP contribution in [0.3, 0.4) is 0 Å². The van der Waals surface area contributed by atoms with Gasteiger partial charge in [-0.1, -0.05) is 25.1 Å². The smallest absolute Gasteiger partial charge is 0.363 e. The number of anilines is 1. The number of alkyl halides is 3. The summed E-state index contributed by atoms with van der Waals surface area (Å²) in [5.41, 5.74) is -0.500. The minimum atomic E-state index is -4.45. The Hall–Kier alpha value is -2.18. The van der Waals surface area contributed by atoms with Gasteiger partial charge in [-0.3, -0.25) is 0 Å². The van der Waals surface area contributed by atoms with Gasteiger partial charge in [-0.15, -0.1) is 0 Å². The van der Waals surface area contributed by atoms with Crippen LogP contribution in [-0.2, 0) is 19.1 Å². The minimum absolute atomic E-state index is 0.0288. The van der Waals surface area contributed by atoms with E-state index in [9.17, 15) is 17.6 Å². The van der Waals surface area contributed by atoms with Gasteiger partial charge in [0.1, 0.15) is 6.33 Å². The first-order valence-electron chi connectivity index (χ1n) is 6.31. The first-order chi connectivity index (χ1) is 9.93. The van der Waals surface area contributed by atoms with Crippen LogP contribution in [0, 0.1) is 5.82 Å². The first kappa shape index (κ1) is 15.2. The van der Waals surface area contributed by atoms with Crippen molar-refractivity contribution in [3.8, 4) is 0 Å². The summed E-state index contributed by atoms with van der Waals surface area (Å²) in [4.78, 5) is 7.48. The van der Waals surface area contributed by atoms with Crippen molar-refractivity contribution in [1.82, 2.24) is 9.97 Å². The van der Waals surface area contributed by atoms with Crippen molar-refractivity contribution in [2.45, 2.75) is 26.1 Å². The van der Waals surface area contributed by atoms with Crippen molar-refractivity contribution >= 4 is 5.82 Å². The van der Waals surface area contributed by atoms with Crippen molar-refractivity contribution in [3.05, 3.63) is 53.2 Å². The number of benzene rings is 1. The number of aryl methyl sites for hydroxylation is 1. The van der Waals surface area contributed by atoms with Gasteiger partial charge >= 0.3 is 6.18 Å². The topological polar surface area (TPSA) is 37.8 Å². The summed E-state index contributed by atoms with van der Waals surface area (Å²) >= 11 is 0. The van der Waals surface area contributed by atoms with Gasteiger partial charge < -0.3 is 5.32 Å². The lowest BCUT2D eigenvalue weighted by molar-refractivity contribution is -0.138. The second-order valence-corrected chi connectivity index (χ2v) is 4.34. The highest BCUT2D eigenvalue weighted by Crippen LogP contribution is 2.32. The molecule has 7 heteroatoms. The Morgan fingerprint density at radius 3 is 2.52 bits per heavy atom. The molecule has 1 heterocycles. The molecule has 2 aromatic rings. The summed E-state index contributed by atoms with van der Waals surface area (Å²) in [6, 6.07) is 5.15. The zero-order valence-electron chi connectivity index (χ0n) is 11.2. The van der Waals surface area contributed by atoms with Gasteiger partial charge in [0.2, 0.25) is 0 Å². The molecule has 0 aliphatic carbocycles. The molecule has 0 saturated heterocycles. The Labute approximate surface area is 119 Å². The van der Waals surface area contributed by atoms with E-state index in [0.29, 0.717) is 6.42 Å². The van der Waals surface area contributed by atoms with Crippen LogP contribution < -0.4 is 5.32 Å². The molecule has 0 spiro atoms. The molecule has 1 aromatic carbocycles. The van der Waals surface area contributed by atoms with Gasteiger partial charge in [0, 0.05) is 6.54 Å². The van der Waals surface area contributed by atoms with Gasteiger partial charge in [0.05, 0.1) is 11.3 Å². The van der Waals surface area contributed by atoms with Crippen LogP contribution in [0.2, 0.25) is 0 Å². The largest absolute Gasteiger partial charge is 0.416 e. The van der Waals surface area contributed by atoms with Crippen molar-refractivity contribution < 1.29 is 17.6 Å². The van der Waals surface area contributed by atoms with E-state index < -0.39 is 17.6 Å². The molecule has 1 aromatic heterocycles. The van der Waals surface area contributed by atoms with E-state index in [0.717, 1.165) is 6.07 Å². The number of nitrogens with zero attached hydrogens (tertiary/aromatic N) is 2. The molecule has 0 fully saturated rings. The molecule has 0 saturated carbocycles. The summed E-state index contributed by atoms with van der Waals surface area (Å²) in [5, 5.41) is 2.59. The number of halogens is 4. The van der Waals surface area contributed by atoms with Crippen LogP contribution in [0.1, 0.15) is 23.7 Å². The lowest BCUT2D eigenvalue weighted by Gasteiger charge is -2.14. The van der Waals surface area contributed by atoms with Crippen LogP contribution in [0.15, 0.2) is 30.6 Å². The second kappa shape index (κ2) is 6.07. The molecular weight excluding hydrogens is 286 g/mol. The second-order valence-electron chi connectivity index (χ2n) is 4.34. The lowest BCUT2D eigenvalue weighted by Crippen LogP contribution is -2.13. The zero-order valence-corrected chi connectivity index (χ0v) is 11.2. The maximum Gasteiger partial charge on any atom is 0.416 e. The van der Waals surface area contributed by atoms with Crippen LogP contribution in [0.4, 0.5) is 23.4 Å². The Morgan fingerprint density at radius 1 is 1.14 bits per heavy atom. The molecule has 112 valence electrons. The molecule has 1 N–H and O–H groups in total. The molecule has 0 unspecified atom stereocenters. The van der Waals surface area contributed by atoms with E-state index in [4.69, 9.17) is 0 Å². The standard InChI is InChI=1S/C14H13F4N3/c1-2-11-12(15)13(21-8-20-11)19-7-9-5-3-4-6-10(9)14(16,17)18/h3-6,8H,2,7H2,1H3,(H,19,20,21). The normalized spacial score (nSPS) is 11.5. The third-order valence-corrected chi connectivity index (χ3v) is 2.97. The fourth-order valence-corrected chi connectivity index (χ4v) is 1.91. The number of hydrogen-bond acceptors (Lipinski definition) is 3. The number of hydrogen-bond donors (Lipinski definition) is 1. The molecule has 0 atom stereocenters. The Morgan fingerprint density at radius 2 is 1.86 bits per heavy atom. The summed E-state index contributed by atoms with van der Waals surface area (Å²) in [6.07, 6.45) is -2.89. The van der Waals surface area contributed by atoms with Crippen molar-refractivity contribution in [1.29, 1.82) is 0 Å². The van der Waals surface area contributed by atoms with Crippen molar-refractivity contribution in [3.63, 3.8) is 0 Å². The Bertz CT molecular complexity index is 626. The highest BCUT2D eigenvalue weighted by Gasteiger charge is 2.32. The maximum atomic E-state index is 13.9. The van der Waals surface area contributed by atoms with E-state index in [1.165, 1.54) is 24.5 Å². The number of nitrogens with one attached hydrogen (secondary N) is 1. The highest BCUT2D eigenvalue weighted by molar-refractivity contribution is 5.40. The number of aromatic nitrogens is 2. The average Bonchev–Trinajstić information content (AvgIpc) is 2.45.